The fraction of sp³-hybridized carbons (Fsp3) is 0.355. The molecule has 2 N–H and O–H groups in total. The van der Waals surface area contributed by atoms with Crippen LogP contribution in [0.15, 0.2) is 87.4 Å². The Labute approximate surface area is 248 Å². The number of nitrogens with zero attached hydrogens (tertiary/aromatic N) is 4. The van der Waals surface area contributed by atoms with E-state index in [0.29, 0.717) is 36.8 Å². The van der Waals surface area contributed by atoms with Gasteiger partial charge in [0.15, 0.2) is 11.6 Å². The van der Waals surface area contributed by atoms with E-state index in [9.17, 15) is 4.79 Å². The Morgan fingerprint density at radius 2 is 1.85 bits per heavy atom. The normalized spacial score (nSPS) is 17.7. The molecule has 3 aromatic rings. The number of benzene rings is 3. The fourth-order valence-corrected chi connectivity index (χ4v) is 5.19. The number of aliphatic hydroxyl groups excluding tert-OH is 1. The lowest BCUT2D eigenvalue weighted by Gasteiger charge is -2.32. The predicted octanol–water partition coefficient (Wildman–Crippen LogP) is 6.44. The Hall–Kier alpha value is -3.85. The topological polar surface area (TPSA) is 129 Å². The highest BCUT2D eigenvalue weighted by Crippen LogP contribution is 2.44. The lowest BCUT2D eigenvalue weighted by Crippen LogP contribution is -2.50. The SMILES string of the molecule is CCCCNC(=O)[C@]1(Cc2ccccc2Br)N=C(c2ccc(OCCCO)cc2)O[C@@H]1c1ccccc1CN=[N+]=[N-]. The number of nitrogens with one attached hydrogen (secondary N) is 1. The number of rotatable bonds is 14. The molecule has 9 nitrogen and oxygen atoms in total. The summed E-state index contributed by atoms with van der Waals surface area (Å²) in [5.41, 5.74) is 10.8. The zero-order valence-electron chi connectivity index (χ0n) is 23.0. The third-order valence-corrected chi connectivity index (χ3v) is 7.68. The molecule has 0 saturated carbocycles. The first-order chi connectivity index (χ1) is 20.0. The zero-order valence-corrected chi connectivity index (χ0v) is 24.6. The van der Waals surface area contributed by atoms with E-state index in [2.05, 4.69) is 38.2 Å². The van der Waals surface area contributed by atoms with E-state index < -0.39 is 11.6 Å². The van der Waals surface area contributed by atoms with Gasteiger partial charge in [0.25, 0.3) is 5.91 Å². The summed E-state index contributed by atoms with van der Waals surface area (Å²) in [6.07, 6.45) is 1.81. The predicted molar refractivity (Wildman–Crippen MR) is 162 cm³/mol. The van der Waals surface area contributed by atoms with Crippen molar-refractivity contribution in [3.05, 3.63) is 110 Å². The molecule has 1 amide bonds. The van der Waals surface area contributed by atoms with Gasteiger partial charge in [-0.05, 0) is 59.0 Å². The van der Waals surface area contributed by atoms with E-state index >= 15 is 0 Å². The number of azide groups is 1. The summed E-state index contributed by atoms with van der Waals surface area (Å²) in [6, 6.07) is 22.6. The quantitative estimate of drug-likeness (QED) is 0.0931. The van der Waals surface area contributed by atoms with Gasteiger partial charge in [-0.15, -0.1) is 0 Å². The number of aliphatic hydroxyl groups is 1. The minimum atomic E-state index is -1.34. The van der Waals surface area contributed by atoms with E-state index in [1.165, 1.54) is 0 Å². The number of hydrogen-bond acceptors (Lipinski definition) is 6. The number of unbranched alkanes of at least 4 members (excludes halogenated alkanes) is 1. The molecule has 2 atom stereocenters. The summed E-state index contributed by atoms with van der Waals surface area (Å²) in [5, 5.41) is 15.9. The van der Waals surface area contributed by atoms with Gasteiger partial charge in [0.05, 0.1) is 13.2 Å². The van der Waals surface area contributed by atoms with Crippen molar-refractivity contribution in [1.29, 1.82) is 0 Å². The highest BCUT2D eigenvalue weighted by molar-refractivity contribution is 9.10. The van der Waals surface area contributed by atoms with Crippen molar-refractivity contribution < 1.29 is 19.4 Å². The summed E-state index contributed by atoms with van der Waals surface area (Å²) in [7, 11) is 0. The van der Waals surface area contributed by atoms with Crippen molar-refractivity contribution in [2.24, 2.45) is 10.1 Å². The van der Waals surface area contributed by atoms with Crippen LogP contribution in [0.25, 0.3) is 10.4 Å². The van der Waals surface area contributed by atoms with Gasteiger partial charge in [-0.1, -0.05) is 76.9 Å². The Morgan fingerprint density at radius 1 is 1.12 bits per heavy atom. The van der Waals surface area contributed by atoms with E-state index in [-0.39, 0.29) is 25.5 Å². The standard InChI is InChI=1S/C31H34BrN5O4/c1-2-3-17-34-30(39)31(20-23-9-5-7-12-27(23)32)28(26-11-6-4-10-24(26)21-35-37-33)41-29(36-31)22-13-15-25(16-14-22)40-19-8-18-38/h4-7,9-16,28,38H,2-3,8,17-21H2,1H3,(H,34,39)/t28-,31-/m1/s1. The van der Waals surface area contributed by atoms with Crippen LogP contribution in [0, 0.1) is 0 Å². The van der Waals surface area contributed by atoms with Crippen LogP contribution in [0.2, 0.25) is 0 Å². The number of aliphatic imine (C=N–C) groups is 1. The summed E-state index contributed by atoms with van der Waals surface area (Å²) < 4.78 is 13.2. The summed E-state index contributed by atoms with van der Waals surface area (Å²) in [6.45, 7) is 3.18. The molecule has 1 aliphatic rings. The molecule has 4 rings (SSSR count). The van der Waals surface area contributed by atoms with Crippen molar-refractivity contribution in [2.75, 3.05) is 19.8 Å². The molecule has 0 unspecified atom stereocenters. The number of hydrogen-bond donors (Lipinski definition) is 2. The van der Waals surface area contributed by atoms with Gasteiger partial charge < -0.3 is 19.9 Å². The van der Waals surface area contributed by atoms with Gasteiger partial charge >= 0.3 is 0 Å². The van der Waals surface area contributed by atoms with E-state index in [0.717, 1.165) is 34.0 Å². The number of carbonyl (C=O) groups is 1. The van der Waals surface area contributed by atoms with Gasteiger partial charge in [0.2, 0.25) is 5.90 Å². The Bertz CT molecular complexity index is 1410. The second-order valence-electron chi connectivity index (χ2n) is 9.75. The summed E-state index contributed by atoms with van der Waals surface area (Å²) >= 11 is 3.65. The van der Waals surface area contributed by atoms with E-state index in [1.54, 1.807) is 0 Å². The first kappa shape index (κ1) is 30.1. The molecule has 0 spiro atoms. The van der Waals surface area contributed by atoms with Crippen LogP contribution in [-0.4, -0.2) is 42.2 Å². The molecule has 41 heavy (non-hydrogen) atoms. The number of ether oxygens (including phenoxy) is 2. The molecule has 3 aromatic carbocycles. The summed E-state index contributed by atoms with van der Waals surface area (Å²) in [4.78, 5) is 22.2. The highest BCUT2D eigenvalue weighted by Gasteiger charge is 2.53. The van der Waals surface area contributed by atoms with Crippen LogP contribution in [-0.2, 0) is 22.5 Å². The van der Waals surface area contributed by atoms with E-state index in [1.807, 2.05) is 72.8 Å². The van der Waals surface area contributed by atoms with Crippen molar-refractivity contribution in [1.82, 2.24) is 5.32 Å². The third-order valence-electron chi connectivity index (χ3n) is 6.91. The van der Waals surface area contributed by atoms with Gasteiger partial charge in [0.1, 0.15) is 5.75 Å². The fourth-order valence-electron chi connectivity index (χ4n) is 4.76. The van der Waals surface area contributed by atoms with Crippen molar-refractivity contribution >= 4 is 27.7 Å². The number of carbonyl (C=O) groups excluding carboxylic acids is 1. The molecular formula is C31H34BrN5O4. The molecule has 1 heterocycles. The maximum absolute atomic E-state index is 14.2. The van der Waals surface area contributed by atoms with Gasteiger partial charge in [-0.3, -0.25) is 4.79 Å². The van der Waals surface area contributed by atoms with Crippen molar-refractivity contribution in [3.8, 4) is 5.75 Å². The summed E-state index contributed by atoms with van der Waals surface area (Å²) in [5.74, 6) is 0.770. The van der Waals surface area contributed by atoms with Gasteiger partial charge in [0, 0.05) is 40.9 Å². The average Bonchev–Trinajstić information content (AvgIpc) is 3.38. The van der Waals surface area contributed by atoms with Crippen LogP contribution in [0.1, 0.15) is 54.5 Å². The van der Waals surface area contributed by atoms with Gasteiger partial charge in [-0.2, -0.15) is 0 Å². The lowest BCUT2D eigenvalue weighted by molar-refractivity contribution is -0.128. The van der Waals surface area contributed by atoms with Crippen molar-refractivity contribution in [2.45, 2.75) is 50.8 Å². The molecule has 214 valence electrons. The molecular weight excluding hydrogens is 586 g/mol. The monoisotopic (exact) mass is 619 g/mol. The highest BCUT2D eigenvalue weighted by atomic mass is 79.9. The molecule has 0 aliphatic carbocycles. The smallest absolute Gasteiger partial charge is 0.252 e. The maximum Gasteiger partial charge on any atom is 0.252 e. The lowest BCUT2D eigenvalue weighted by atomic mass is 9.80. The minimum Gasteiger partial charge on any atom is -0.494 e. The van der Waals surface area contributed by atoms with Gasteiger partial charge in [-0.25, -0.2) is 4.99 Å². The van der Waals surface area contributed by atoms with Crippen LogP contribution in [0.5, 0.6) is 5.75 Å². The largest absolute Gasteiger partial charge is 0.494 e. The van der Waals surface area contributed by atoms with Crippen LogP contribution >= 0.6 is 15.9 Å². The molecule has 0 radical (unpaired) electrons. The minimum absolute atomic E-state index is 0.0607. The van der Waals surface area contributed by atoms with Crippen LogP contribution < -0.4 is 10.1 Å². The average molecular weight is 621 g/mol. The van der Waals surface area contributed by atoms with Crippen molar-refractivity contribution in [3.63, 3.8) is 0 Å². The van der Waals surface area contributed by atoms with E-state index in [4.69, 9.17) is 25.1 Å². The molecule has 0 fully saturated rings. The second-order valence-corrected chi connectivity index (χ2v) is 10.6. The first-order valence-electron chi connectivity index (χ1n) is 13.7. The maximum atomic E-state index is 14.2. The number of halogens is 1. The Morgan fingerprint density at radius 3 is 2.56 bits per heavy atom. The Kier molecular flexibility index (Phi) is 10.8. The molecule has 0 aromatic heterocycles. The number of amides is 1. The Balaban J connectivity index is 1.83. The zero-order chi connectivity index (χ0) is 29.1. The van der Waals surface area contributed by atoms with Crippen LogP contribution in [0.3, 0.4) is 0 Å². The second kappa shape index (κ2) is 14.7. The first-order valence-corrected chi connectivity index (χ1v) is 14.5. The molecule has 0 bridgehead atoms. The molecule has 1 aliphatic heterocycles. The molecule has 10 heteroatoms. The third kappa shape index (κ3) is 7.27. The van der Waals surface area contributed by atoms with Crippen LogP contribution in [0.4, 0.5) is 0 Å². The molecule has 0 saturated heterocycles.